The molecule has 4 rings (SSSR count). The molecular formula is C24H26F3N5O2S. The van der Waals surface area contributed by atoms with Crippen molar-refractivity contribution in [1.82, 2.24) is 9.97 Å². The third kappa shape index (κ3) is 5.34. The molecule has 1 aliphatic heterocycles. The minimum absolute atomic E-state index is 0.00408. The monoisotopic (exact) mass is 505 g/mol. The highest BCUT2D eigenvalue weighted by molar-refractivity contribution is 7.19. The zero-order valence-electron chi connectivity index (χ0n) is 19.5. The summed E-state index contributed by atoms with van der Waals surface area (Å²) in [4.78, 5) is 21.3. The van der Waals surface area contributed by atoms with Crippen LogP contribution >= 0.6 is 11.3 Å². The Hall–Kier alpha value is -3.34. The van der Waals surface area contributed by atoms with Crippen LogP contribution in [0, 0.1) is 0 Å². The van der Waals surface area contributed by atoms with Crippen LogP contribution in [0.2, 0.25) is 0 Å². The van der Waals surface area contributed by atoms with E-state index in [0.717, 1.165) is 16.9 Å². The van der Waals surface area contributed by atoms with Gasteiger partial charge in [0.05, 0.1) is 0 Å². The van der Waals surface area contributed by atoms with Crippen molar-refractivity contribution in [3.8, 4) is 11.6 Å². The van der Waals surface area contributed by atoms with Crippen LogP contribution in [0.15, 0.2) is 42.6 Å². The van der Waals surface area contributed by atoms with Gasteiger partial charge in [-0.2, -0.15) is 13.2 Å². The number of thiazole rings is 1. The molecule has 1 saturated heterocycles. The maximum Gasteiger partial charge on any atom is 0.436 e. The van der Waals surface area contributed by atoms with Gasteiger partial charge in [-0.1, -0.05) is 50.3 Å². The SMILES string of the molecule is CC(C)(C)c1ccccc1Oc1ncccc1Nc1nc(C(F)(F)F)c(N2CCC[C@H]2C(N)=O)s1. The molecule has 2 aromatic heterocycles. The van der Waals surface area contributed by atoms with E-state index in [4.69, 9.17) is 10.5 Å². The molecule has 1 aromatic carbocycles. The highest BCUT2D eigenvalue weighted by atomic mass is 32.1. The second-order valence-corrected chi connectivity index (χ2v) is 10.2. The summed E-state index contributed by atoms with van der Waals surface area (Å²) in [7, 11) is 0. The van der Waals surface area contributed by atoms with Gasteiger partial charge in [-0.25, -0.2) is 9.97 Å². The number of carbonyl (C=O) groups excluding carboxylic acids is 1. The first-order chi connectivity index (χ1) is 16.4. The van der Waals surface area contributed by atoms with Crippen LogP contribution in [0.3, 0.4) is 0 Å². The van der Waals surface area contributed by atoms with Crippen molar-refractivity contribution in [2.24, 2.45) is 5.73 Å². The van der Waals surface area contributed by atoms with E-state index in [0.29, 0.717) is 30.8 Å². The second kappa shape index (κ2) is 9.37. The lowest BCUT2D eigenvalue weighted by Crippen LogP contribution is -2.40. The molecule has 0 bridgehead atoms. The van der Waals surface area contributed by atoms with Crippen molar-refractivity contribution in [1.29, 1.82) is 0 Å². The molecule has 1 fully saturated rings. The number of nitrogens with one attached hydrogen (secondary N) is 1. The van der Waals surface area contributed by atoms with Gasteiger partial charge in [0.2, 0.25) is 11.8 Å². The van der Waals surface area contributed by atoms with E-state index in [1.807, 2.05) is 24.3 Å². The van der Waals surface area contributed by atoms with Gasteiger partial charge in [-0.05, 0) is 36.5 Å². The van der Waals surface area contributed by atoms with Gasteiger partial charge in [0.25, 0.3) is 0 Å². The molecule has 0 unspecified atom stereocenters. The van der Waals surface area contributed by atoms with E-state index in [1.165, 1.54) is 11.1 Å². The number of primary amides is 1. The first kappa shape index (κ1) is 24.8. The van der Waals surface area contributed by atoms with Crippen molar-refractivity contribution in [2.75, 3.05) is 16.8 Å². The lowest BCUT2D eigenvalue weighted by atomic mass is 9.86. The van der Waals surface area contributed by atoms with Crippen molar-refractivity contribution >= 4 is 33.1 Å². The average molecular weight is 506 g/mol. The van der Waals surface area contributed by atoms with Gasteiger partial charge in [-0.15, -0.1) is 0 Å². The number of amides is 1. The second-order valence-electron chi connectivity index (χ2n) is 9.25. The standard InChI is InChI=1S/C24H26F3N5O2S/c1-23(2,3)14-8-4-5-11-17(14)34-20-15(9-6-12-29-20)30-22-31-18(24(25,26)27)21(35-22)32-13-7-10-16(32)19(28)33/h4-6,8-9,11-12,16H,7,10,13H2,1-3H3,(H2,28,33)(H,30,31)/t16-/m0/s1. The number of halogens is 3. The quantitative estimate of drug-likeness (QED) is 0.437. The van der Waals surface area contributed by atoms with Crippen molar-refractivity contribution in [3.63, 3.8) is 0 Å². The van der Waals surface area contributed by atoms with Crippen LogP contribution in [0.4, 0.5) is 29.0 Å². The summed E-state index contributed by atoms with van der Waals surface area (Å²) in [5, 5.41) is 2.80. The lowest BCUT2D eigenvalue weighted by Gasteiger charge is -2.23. The predicted octanol–water partition coefficient (Wildman–Crippen LogP) is 5.84. The molecule has 1 amide bonds. The lowest BCUT2D eigenvalue weighted by molar-refractivity contribution is -0.140. The number of carbonyl (C=O) groups is 1. The first-order valence-electron chi connectivity index (χ1n) is 11.1. The molecule has 3 heterocycles. The van der Waals surface area contributed by atoms with Crippen LogP contribution in [-0.2, 0) is 16.4 Å². The first-order valence-corrected chi connectivity index (χ1v) is 11.9. The van der Waals surface area contributed by atoms with Crippen LogP contribution in [0.25, 0.3) is 0 Å². The summed E-state index contributed by atoms with van der Waals surface area (Å²) in [6.07, 6.45) is -2.19. The summed E-state index contributed by atoms with van der Waals surface area (Å²) >= 11 is 0.815. The van der Waals surface area contributed by atoms with Gasteiger partial charge >= 0.3 is 6.18 Å². The number of benzene rings is 1. The molecule has 0 spiro atoms. The van der Waals surface area contributed by atoms with E-state index in [-0.39, 0.29) is 21.4 Å². The number of alkyl halides is 3. The Balaban J connectivity index is 1.68. The number of pyridine rings is 1. The normalized spacial score (nSPS) is 16.4. The maximum atomic E-state index is 13.8. The van der Waals surface area contributed by atoms with Crippen LogP contribution in [-0.4, -0.2) is 28.5 Å². The van der Waals surface area contributed by atoms with E-state index in [9.17, 15) is 18.0 Å². The van der Waals surface area contributed by atoms with E-state index >= 15 is 0 Å². The molecule has 0 aliphatic carbocycles. The molecule has 3 N–H and O–H groups in total. The minimum Gasteiger partial charge on any atom is -0.437 e. The van der Waals surface area contributed by atoms with Crippen LogP contribution in [0.1, 0.15) is 44.9 Å². The summed E-state index contributed by atoms with van der Waals surface area (Å²) < 4.78 is 47.6. The molecule has 1 atom stereocenters. The third-order valence-corrected chi connectivity index (χ3v) is 6.64. The van der Waals surface area contributed by atoms with Crippen molar-refractivity contribution in [3.05, 3.63) is 53.9 Å². The predicted molar refractivity (Wildman–Crippen MR) is 129 cm³/mol. The molecule has 11 heteroatoms. The molecule has 35 heavy (non-hydrogen) atoms. The van der Waals surface area contributed by atoms with Gasteiger partial charge < -0.3 is 20.7 Å². The number of hydrogen-bond acceptors (Lipinski definition) is 7. The smallest absolute Gasteiger partial charge is 0.436 e. The number of nitrogens with zero attached hydrogens (tertiary/aromatic N) is 3. The maximum absolute atomic E-state index is 13.8. The molecule has 0 radical (unpaired) electrons. The Morgan fingerprint density at radius 3 is 2.63 bits per heavy atom. The molecular weight excluding hydrogens is 479 g/mol. The highest BCUT2D eigenvalue weighted by Gasteiger charge is 2.42. The number of aromatic nitrogens is 2. The number of nitrogens with two attached hydrogens (primary N) is 1. The molecule has 186 valence electrons. The summed E-state index contributed by atoms with van der Waals surface area (Å²) in [5.41, 5.74) is 5.50. The van der Waals surface area contributed by atoms with Gasteiger partial charge in [0.15, 0.2) is 10.8 Å². The number of ether oxygens (including phenoxy) is 1. The van der Waals surface area contributed by atoms with E-state index < -0.39 is 23.8 Å². The topological polar surface area (TPSA) is 93.4 Å². The number of anilines is 3. The largest absolute Gasteiger partial charge is 0.437 e. The Morgan fingerprint density at radius 2 is 1.94 bits per heavy atom. The fraction of sp³-hybridized carbons (Fsp3) is 0.375. The molecule has 7 nitrogen and oxygen atoms in total. The van der Waals surface area contributed by atoms with E-state index in [1.54, 1.807) is 12.1 Å². The zero-order valence-corrected chi connectivity index (χ0v) is 20.3. The average Bonchev–Trinajstić information content (AvgIpc) is 3.42. The van der Waals surface area contributed by atoms with E-state index in [2.05, 4.69) is 36.1 Å². The summed E-state index contributed by atoms with van der Waals surface area (Å²) in [5.74, 6) is 0.142. The Morgan fingerprint density at radius 1 is 1.20 bits per heavy atom. The fourth-order valence-electron chi connectivity index (χ4n) is 4.01. The Labute approximate surface area is 205 Å². The summed E-state index contributed by atoms with van der Waals surface area (Å²) in [6.45, 7) is 6.46. The van der Waals surface area contributed by atoms with Gasteiger partial charge in [-0.3, -0.25) is 4.79 Å². The molecule has 1 aliphatic rings. The Bertz CT molecular complexity index is 1220. The number of para-hydroxylation sites is 1. The zero-order chi connectivity index (χ0) is 25.4. The molecule has 3 aromatic rings. The Kier molecular flexibility index (Phi) is 6.63. The highest BCUT2D eigenvalue weighted by Crippen LogP contribution is 2.45. The fourth-order valence-corrected chi connectivity index (χ4v) is 5.09. The van der Waals surface area contributed by atoms with Crippen molar-refractivity contribution < 1.29 is 22.7 Å². The minimum atomic E-state index is -4.70. The number of hydrogen-bond donors (Lipinski definition) is 2. The molecule has 0 saturated carbocycles. The van der Waals surface area contributed by atoms with Gasteiger partial charge in [0, 0.05) is 18.3 Å². The van der Waals surface area contributed by atoms with Gasteiger partial charge in [0.1, 0.15) is 22.5 Å². The third-order valence-electron chi connectivity index (χ3n) is 5.63. The van der Waals surface area contributed by atoms with Crippen LogP contribution < -0.4 is 20.7 Å². The summed E-state index contributed by atoms with van der Waals surface area (Å²) in [6, 6.07) is 10.0. The van der Waals surface area contributed by atoms with Crippen LogP contribution in [0.5, 0.6) is 11.6 Å². The number of rotatable bonds is 6. The van der Waals surface area contributed by atoms with Crippen molar-refractivity contribution in [2.45, 2.75) is 51.2 Å².